The number of nitrogens with zero attached hydrogens (tertiary/aromatic N) is 2. The zero-order chi connectivity index (χ0) is 14.7. The van der Waals surface area contributed by atoms with Crippen molar-refractivity contribution < 1.29 is 9.53 Å². The Morgan fingerprint density at radius 2 is 2.10 bits per heavy atom. The maximum absolute atomic E-state index is 12.1. The summed E-state index contributed by atoms with van der Waals surface area (Å²) in [6.45, 7) is 2.01. The minimum atomic E-state index is -0.136. The van der Waals surface area contributed by atoms with E-state index in [1.807, 2.05) is 30.3 Å². The molecule has 3 rings (SSSR count). The van der Waals surface area contributed by atoms with Gasteiger partial charge in [-0.3, -0.25) is 4.79 Å². The minimum Gasteiger partial charge on any atom is -0.497 e. The van der Waals surface area contributed by atoms with E-state index in [0.29, 0.717) is 4.91 Å². The summed E-state index contributed by atoms with van der Waals surface area (Å²) in [4.78, 5) is 19.2. The molecule has 2 aliphatic rings. The Hall–Kier alpha value is -1.75. The van der Waals surface area contributed by atoms with Crippen molar-refractivity contribution in [2.75, 3.05) is 20.2 Å². The summed E-state index contributed by atoms with van der Waals surface area (Å²) < 4.78 is 5.20. The second-order valence-electron chi connectivity index (χ2n) is 5.13. The topological polar surface area (TPSA) is 41.9 Å². The predicted octanol–water partition coefficient (Wildman–Crippen LogP) is 3.15. The lowest BCUT2D eigenvalue weighted by Crippen LogP contribution is -2.33. The Kier molecular flexibility index (Phi) is 4.29. The van der Waals surface area contributed by atoms with E-state index >= 15 is 0 Å². The summed E-state index contributed by atoms with van der Waals surface area (Å²) in [5.74, 6) is 0.653. The molecule has 0 atom stereocenters. The average molecular weight is 302 g/mol. The van der Waals surface area contributed by atoms with Crippen LogP contribution in [0.4, 0.5) is 0 Å². The van der Waals surface area contributed by atoms with Gasteiger partial charge in [-0.15, -0.1) is 0 Å². The zero-order valence-electron chi connectivity index (χ0n) is 12.0. The van der Waals surface area contributed by atoms with Crippen molar-refractivity contribution >= 4 is 28.9 Å². The number of likely N-dealkylation sites (tertiary alicyclic amines) is 1. The standard InChI is InChI=1S/C16H18N2O2S/c1-20-13-7-5-6-12(10-13)11-14-15(19)17-16(21-14)18-8-3-2-4-9-18/h5-7,10-11H,2-4,8-9H2,1H3. The molecule has 2 heterocycles. The van der Waals surface area contributed by atoms with Gasteiger partial charge in [0, 0.05) is 13.1 Å². The van der Waals surface area contributed by atoms with Gasteiger partial charge in [-0.1, -0.05) is 12.1 Å². The van der Waals surface area contributed by atoms with E-state index in [0.717, 1.165) is 29.6 Å². The SMILES string of the molecule is COc1cccc(C=C2SC(N3CCCCC3)=NC2=O)c1. The molecule has 0 unspecified atom stereocenters. The Labute approximate surface area is 128 Å². The minimum absolute atomic E-state index is 0.136. The van der Waals surface area contributed by atoms with Crippen LogP contribution in [0.15, 0.2) is 34.2 Å². The number of piperidine rings is 1. The van der Waals surface area contributed by atoms with Crippen LogP contribution in [0.1, 0.15) is 24.8 Å². The molecule has 1 saturated heterocycles. The van der Waals surface area contributed by atoms with E-state index in [2.05, 4.69) is 9.89 Å². The number of aliphatic imine (C=N–C) groups is 1. The molecule has 5 heteroatoms. The first-order valence-corrected chi connectivity index (χ1v) is 7.99. The summed E-state index contributed by atoms with van der Waals surface area (Å²) in [5, 5.41) is 0.855. The average Bonchev–Trinajstić information content (AvgIpc) is 2.89. The van der Waals surface area contributed by atoms with Crippen LogP contribution < -0.4 is 4.74 Å². The molecule has 1 amide bonds. The third-order valence-corrected chi connectivity index (χ3v) is 4.67. The molecule has 110 valence electrons. The van der Waals surface area contributed by atoms with Gasteiger partial charge in [0.1, 0.15) is 5.75 Å². The molecule has 0 N–H and O–H groups in total. The number of amides is 1. The van der Waals surface area contributed by atoms with Crippen molar-refractivity contribution in [3.63, 3.8) is 0 Å². The summed E-state index contributed by atoms with van der Waals surface area (Å²) in [7, 11) is 1.64. The van der Waals surface area contributed by atoms with E-state index in [9.17, 15) is 4.79 Å². The van der Waals surface area contributed by atoms with Gasteiger partial charge >= 0.3 is 0 Å². The van der Waals surface area contributed by atoms with Gasteiger partial charge in [-0.2, -0.15) is 4.99 Å². The maximum atomic E-state index is 12.1. The highest BCUT2D eigenvalue weighted by molar-refractivity contribution is 8.18. The summed E-state index contributed by atoms with van der Waals surface area (Å²) >= 11 is 1.48. The van der Waals surface area contributed by atoms with Crippen molar-refractivity contribution in [1.29, 1.82) is 0 Å². The maximum Gasteiger partial charge on any atom is 0.286 e. The van der Waals surface area contributed by atoms with Crippen LogP contribution in [-0.4, -0.2) is 36.2 Å². The van der Waals surface area contributed by atoms with Gasteiger partial charge in [0.15, 0.2) is 5.17 Å². The van der Waals surface area contributed by atoms with E-state index in [1.165, 1.54) is 31.0 Å². The van der Waals surface area contributed by atoms with E-state index in [4.69, 9.17) is 4.74 Å². The number of thioether (sulfide) groups is 1. The second-order valence-corrected chi connectivity index (χ2v) is 6.14. The highest BCUT2D eigenvalue weighted by atomic mass is 32.2. The van der Waals surface area contributed by atoms with Gasteiger partial charge in [-0.25, -0.2) is 0 Å². The number of hydrogen-bond acceptors (Lipinski definition) is 4. The lowest BCUT2D eigenvalue weighted by molar-refractivity contribution is -0.113. The molecule has 1 fully saturated rings. The van der Waals surface area contributed by atoms with E-state index in [-0.39, 0.29) is 5.91 Å². The quantitative estimate of drug-likeness (QED) is 0.787. The number of methoxy groups -OCH3 is 1. The van der Waals surface area contributed by atoms with Crippen LogP contribution in [0, 0.1) is 0 Å². The molecule has 4 nitrogen and oxygen atoms in total. The van der Waals surface area contributed by atoms with Crippen molar-refractivity contribution in [3.8, 4) is 5.75 Å². The lowest BCUT2D eigenvalue weighted by atomic mass is 10.1. The van der Waals surface area contributed by atoms with E-state index < -0.39 is 0 Å². The third kappa shape index (κ3) is 3.29. The molecule has 0 saturated carbocycles. The molecule has 0 radical (unpaired) electrons. The van der Waals surface area contributed by atoms with Crippen LogP contribution in [0.5, 0.6) is 5.75 Å². The number of amidine groups is 1. The highest BCUT2D eigenvalue weighted by Gasteiger charge is 2.26. The number of carbonyl (C=O) groups is 1. The number of rotatable bonds is 2. The zero-order valence-corrected chi connectivity index (χ0v) is 12.9. The number of carbonyl (C=O) groups excluding carboxylic acids is 1. The molecule has 0 aromatic heterocycles. The largest absolute Gasteiger partial charge is 0.497 e. The molecule has 2 aliphatic heterocycles. The molecule has 0 spiro atoms. The Bertz CT molecular complexity index is 604. The first-order chi connectivity index (χ1) is 10.3. The predicted molar refractivity (Wildman–Crippen MR) is 86.4 cm³/mol. The molecular weight excluding hydrogens is 284 g/mol. The van der Waals surface area contributed by atoms with Gasteiger partial charge in [0.25, 0.3) is 5.91 Å². The van der Waals surface area contributed by atoms with Crippen LogP contribution in [-0.2, 0) is 4.79 Å². The van der Waals surface area contributed by atoms with Gasteiger partial charge < -0.3 is 9.64 Å². The fourth-order valence-electron chi connectivity index (χ4n) is 2.50. The molecule has 0 aliphatic carbocycles. The summed E-state index contributed by atoms with van der Waals surface area (Å²) in [6, 6.07) is 7.69. The first-order valence-electron chi connectivity index (χ1n) is 7.18. The molecule has 21 heavy (non-hydrogen) atoms. The van der Waals surface area contributed by atoms with Crippen molar-refractivity contribution in [1.82, 2.24) is 4.90 Å². The summed E-state index contributed by atoms with van der Waals surface area (Å²) in [5.41, 5.74) is 0.959. The number of benzene rings is 1. The number of ether oxygens (including phenoxy) is 1. The summed E-state index contributed by atoms with van der Waals surface area (Å²) in [6.07, 6.45) is 5.52. The molecule has 0 bridgehead atoms. The fraction of sp³-hybridized carbons (Fsp3) is 0.375. The van der Waals surface area contributed by atoms with Crippen molar-refractivity contribution in [2.24, 2.45) is 4.99 Å². The number of hydrogen-bond donors (Lipinski definition) is 0. The fourth-order valence-corrected chi connectivity index (χ4v) is 3.47. The van der Waals surface area contributed by atoms with Gasteiger partial charge in [0.2, 0.25) is 0 Å². The van der Waals surface area contributed by atoms with Crippen molar-refractivity contribution in [2.45, 2.75) is 19.3 Å². The Balaban J connectivity index is 1.75. The monoisotopic (exact) mass is 302 g/mol. The first kappa shape index (κ1) is 14.2. The van der Waals surface area contributed by atoms with E-state index in [1.54, 1.807) is 7.11 Å². The normalized spacial score (nSPS) is 20.8. The molecule has 1 aromatic carbocycles. The Morgan fingerprint density at radius 3 is 2.86 bits per heavy atom. The third-order valence-electron chi connectivity index (χ3n) is 3.63. The van der Waals surface area contributed by atoms with Crippen LogP contribution in [0.3, 0.4) is 0 Å². The van der Waals surface area contributed by atoms with Crippen molar-refractivity contribution in [3.05, 3.63) is 34.7 Å². The van der Waals surface area contributed by atoms with Gasteiger partial charge in [0.05, 0.1) is 12.0 Å². The lowest BCUT2D eigenvalue weighted by Gasteiger charge is -2.27. The van der Waals surface area contributed by atoms with Crippen LogP contribution in [0.2, 0.25) is 0 Å². The highest BCUT2D eigenvalue weighted by Crippen LogP contribution is 2.31. The van der Waals surface area contributed by atoms with Gasteiger partial charge in [-0.05, 0) is 54.8 Å². The smallest absolute Gasteiger partial charge is 0.286 e. The Morgan fingerprint density at radius 1 is 1.29 bits per heavy atom. The van der Waals surface area contributed by atoms with Crippen LogP contribution >= 0.6 is 11.8 Å². The second kappa shape index (κ2) is 6.35. The molecular formula is C16H18N2O2S. The van der Waals surface area contributed by atoms with Crippen LogP contribution in [0.25, 0.3) is 6.08 Å². The molecule has 1 aromatic rings.